The van der Waals surface area contributed by atoms with Gasteiger partial charge >= 0.3 is 0 Å². The molecule has 0 saturated carbocycles. The molecule has 0 spiro atoms. The van der Waals surface area contributed by atoms with E-state index in [4.69, 9.17) is 11.6 Å². The molecule has 0 aliphatic carbocycles. The molecular formula is C19H22ClN3O2. The predicted molar refractivity (Wildman–Crippen MR) is 98.7 cm³/mol. The number of benzene rings is 1. The summed E-state index contributed by atoms with van der Waals surface area (Å²) in [7, 11) is 0. The Balaban J connectivity index is 1.98. The van der Waals surface area contributed by atoms with Crippen LogP contribution in [0.2, 0.25) is 5.02 Å². The summed E-state index contributed by atoms with van der Waals surface area (Å²) in [5.41, 5.74) is 1.13. The summed E-state index contributed by atoms with van der Waals surface area (Å²) in [5, 5.41) is 0.566. The Morgan fingerprint density at radius 1 is 1.32 bits per heavy atom. The largest absolute Gasteiger partial charge is 0.338 e. The normalized spacial score (nSPS) is 17.6. The average molecular weight is 360 g/mol. The lowest BCUT2D eigenvalue weighted by atomic mass is 10.0. The first-order chi connectivity index (χ1) is 12.0. The van der Waals surface area contributed by atoms with E-state index in [2.05, 4.69) is 11.9 Å². The molecule has 2 heterocycles. The van der Waals surface area contributed by atoms with Crippen LogP contribution < -0.4 is 5.56 Å². The molecule has 0 bridgehead atoms. The Hall–Kier alpha value is -2.14. The fourth-order valence-electron chi connectivity index (χ4n) is 3.32. The number of aryl methyl sites for hydroxylation is 1. The van der Waals surface area contributed by atoms with Gasteiger partial charge < -0.3 is 4.90 Å². The van der Waals surface area contributed by atoms with Crippen molar-refractivity contribution in [3.05, 3.63) is 51.4 Å². The number of rotatable bonds is 3. The second kappa shape index (κ2) is 7.40. The second-order valence-corrected chi connectivity index (χ2v) is 7.02. The number of likely N-dealkylation sites (tertiary alicyclic amines) is 1. The lowest BCUT2D eigenvalue weighted by Gasteiger charge is -2.33. The molecule has 1 aliphatic rings. The summed E-state index contributed by atoms with van der Waals surface area (Å²) in [6, 6.07) is 8.85. The number of piperidine rings is 1. The zero-order chi connectivity index (χ0) is 18.0. The molecule has 132 valence electrons. The van der Waals surface area contributed by atoms with Gasteiger partial charge in [-0.15, -0.1) is 0 Å². The summed E-state index contributed by atoms with van der Waals surface area (Å²) in [4.78, 5) is 31.7. The number of aromatic nitrogens is 2. The van der Waals surface area contributed by atoms with Crippen LogP contribution in [0.5, 0.6) is 0 Å². The van der Waals surface area contributed by atoms with Crippen LogP contribution in [0.25, 0.3) is 11.4 Å². The van der Waals surface area contributed by atoms with Crippen molar-refractivity contribution in [1.29, 1.82) is 0 Å². The molecule has 1 aliphatic heterocycles. The van der Waals surface area contributed by atoms with Gasteiger partial charge in [0, 0.05) is 34.9 Å². The highest BCUT2D eigenvalue weighted by Crippen LogP contribution is 2.21. The number of carbonyl (C=O) groups is 1. The van der Waals surface area contributed by atoms with Crippen LogP contribution in [0.15, 0.2) is 35.1 Å². The molecule has 2 aromatic rings. The minimum Gasteiger partial charge on any atom is -0.338 e. The standard InChI is InChI=1S/C19H22ClN3O2/c1-13-10-17(24)23(12-18(25)22-9-4-3-6-14(22)2)19(21-13)15-7-5-8-16(20)11-15/h5,7-8,10-11,14H,3-4,6,9,12H2,1-2H3/t14-/m1/s1. The highest BCUT2D eigenvalue weighted by molar-refractivity contribution is 6.30. The average Bonchev–Trinajstić information content (AvgIpc) is 2.57. The van der Waals surface area contributed by atoms with Crippen molar-refractivity contribution in [2.75, 3.05) is 6.54 Å². The van der Waals surface area contributed by atoms with E-state index in [0.29, 0.717) is 16.5 Å². The number of halogens is 1. The molecule has 3 rings (SSSR count). The van der Waals surface area contributed by atoms with Crippen molar-refractivity contribution in [3.8, 4) is 11.4 Å². The van der Waals surface area contributed by atoms with Gasteiger partial charge in [-0.25, -0.2) is 4.98 Å². The van der Waals surface area contributed by atoms with Crippen LogP contribution in [-0.4, -0.2) is 32.9 Å². The molecular weight excluding hydrogens is 338 g/mol. The molecule has 6 heteroatoms. The summed E-state index contributed by atoms with van der Waals surface area (Å²) in [6.07, 6.45) is 3.16. The van der Waals surface area contributed by atoms with E-state index in [0.717, 1.165) is 31.4 Å². The van der Waals surface area contributed by atoms with Crippen molar-refractivity contribution in [1.82, 2.24) is 14.5 Å². The fraction of sp³-hybridized carbons (Fsp3) is 0.421. The molecule has 1 amide bonds. The molecule has 0 unspecified atom stereocenters. The highest BCUT2D eigenvalue weighted by Gasteiger charge is 2.24. The van der Waals surface area contributed by atoms with Gasteiger partial charge in [-0.3, -0.25) is 14.2 Å². The van der Waals surface area contributed by atoms with Crippen LogP contribution in [0.3, 0.4) is 0 Å². The van der Waals surface area contributed by atoms with E-state index in [1.54, 1.807) is 19.1 Å². The molecule has 25 heavy (non-hydrogen) atoms. The third-order valence-corrected chi connectivity index (χ3v) is 4.87. The zero-order valence-electron chi connectivity index (χ0n) is 14.5. The molecule has 0 N–H and O–H groups in total. The number of nitrogens with zero attached hydrogens (tertiary/aromatic N) is 3. The molecule has 5 nitrogen and oxygen atoms in total. The van der Waals surface area contributed by atoms with Crippen molar-refractivity contribution in [2.24, 2.45) is 0 Å². The van der Waals surface area contributed by atoms with Gasteiger partial charge in [0.2, 0.25) is 5.91 Å². The van der Waals surface area contributed by atoms with Gasteiger partial charge in [-0.1, -0.05) is 23.7 Å². The maximum Gasteiger partial charge on any atom is 0.254 e. The maximum absolute atomic E-state index is 12.8. The van der Waals surface area contributed by atoms with Crippen LogP contribution in [0.1, 0.15) is 31.9 Å². The van der Waals surface area contributed by atoms with Crippen molar-refractivity contribution < 1.29 is 4.79 Å². The fourth-order valence-corrected chi connectivity index (χ4v) is 3.51. The first-order valence-corrected chi connectivity index (χ1v) is 8.97. The van der Waals surface area contributed by atoms with Crippen LogP contribution in [0, 0.1) is 6.92 Å². The monoisotopic (exact) mass is 359 g/mol. The second-order valence-electron chi connectivity index (χ2n) is 6.59. The molecule has 1 atom stereocenters. The van der Waals surface area contributed by atoms with E-state index >= 15 is 0 Å². The Labute approximate surface area is 152 Å². The lowest BCUT2D eigenvalue weighted by Crippen LogP contribution is -2.44. The van der Waals surface area contributed by atoms with Gasteiger partial charge in [-0.2, -0.15) is 0 Å². The number of hydrogen-bond donors (Lipinski definition) is 0. The van der Waals surface area contributed by atoms with E-state index in [9.17, 15) is 9.59 Å². The van der Waals surface area contributed by atoms with E-state index in [1.807, 2.05) is 17.0 Å². The molecule has 1 saturated heterocycles. The predicted octanol–water partition coefficient (Wildman–Crippen LogP) is 3.27. The van der Waals surface area contributed by atoms with E-state index in [1.165, 1.54) is 10.6 Å². The number of amides is 1. The molecule has 1 aromatic carbocycles. The minimum absolute atomic E-state index is 0.00169. The zero-order valence-corrected chi connectivity index (χ0v) is 15.3. The molecule has 1 aromatic heterocycles. The van der Waals surface area contributed by atoms with Gasteiger partial charge in [-0.05, 0) is 45.2 Å². The third-order valence-electron chi connectivity index (χ3n) is 4.64. The third kappa shape index (κ3) is 3.93. The topological polar surface area (TPSA) is 55.2 Å². The smallest absolute Gasteiger partial charge is 0.254 e. The summed E-state index contributed by atoms with van der Waals surface area (Å²) in [5.74, 6) is 0.439. The van der Waals surface area contributed by atoms with Crippen LogP contribution in [-0.2, 0) is 11.3 Å². The van der Waals surface area contributed by atoms with Crippen molar-refractivity contribution in [3.63, 3.8) is 0 Å². The Morgan fingerprint density at radius 3 is 2.84 bits per heavy atom. The van der Waals surface area contributed by atoms with Crippen molar-refractivity contribution in [2.45, 2.75) is 45.7 Å². The highest BCUT2D eigenvalue weighted by atomic mass is 35.5. The number of hydrogen-bond acceptors (Lipinski definition) is 3. The Bertz CT molecular complexity index is 847. The molecule has 0 radical (unpaired) electrons. The van der Waals surface area contributed by atoms with Gasteiger partial charge in [0.1, 0.15) is 12.4 Å². The maximum atomic E-state index is 12.8. The summed E-state index contributed by atoms with van der Waals surface area (Å²) in [6.45, 7) is 4.58. The van der Waals surface area contributed by atoms with Gasteiger partial charge in [0.05, 0.1) is 0 Å². The number of carbonyl (C=O) groups excluding carboxylic acids is 1. The quantitative estimate of drug-likeness (QED) is 0.845. The summed E-state index contributed by atoms with van der Waals surface area (Å²) < 4.78 is 1.45. The molecule has 1 fully saturated rings. The van der Waals surface area contributed by atoms with E-state index in [-0.39, 0.29) is 24.1 Å². The van der Waals surface area contributed by atoms with Crippen LogP contribution >= 0.6 is 11.6 Å². The summed E-state index contributed by atoms with van der Waals surface area (Å²) >= 11 is 6.08. The van der Waals surface area contributed by atoms with Crippen LogP contribution in [0.4, 0.5) is 0 Å². The Morgan fingerprint density at radius 2 is 2.12 bits per heavy atom. The Kier molecular flexibility index (Phi) is 5.23. The minimum atomic E-state index is -0.222. The first-order valence-electron chi connectivity index (χ1n) is 8.59. The SMILES string of the molecule is Cc1cc(=O)n(CC(=O)N2CCCC[C@H]2C)c(-c2cccc(Cl)c2)n1. The first kappa shape index (κ1) is 17.7. The van der Waals surface area contributed by atoms with Gasteiger partial charge in [0.25, 0.3) is 5.56 Å². The lowest BCUT2D eigenvalue weighted by molar-refractivity contribution is -0.135. The van der Waals surface area contributed by atoms with Crippen molar-refractivity contribution >= 4 is 17.5 Å². The van der Waals surface area contributed by atoms with E-state index < -0.39 is 0 Å². The van der Waals surface area contributed by atoms with Gasteiger partial charge in [0.15, 0.2) is 0 Å².